The largest absolute Gasteiger partial charge is 0.493 e. The van der Waals surface area contributed by atoms with E-state index in [0.717, 1.165) is 44.0 Å². The Bertz CT molecular complexity index is 1290. The van der Waals surface area contributed by atoms with Crippen molar-refractivity contribution in [2.24, 2.45) is 11.3 Å². The Hall–Kier alpha value is -3.55. The summed E-state index contributed by atoms with van der Waals surface area (Å²) in [5, 5.41) is 0.728. The van der Waals surface area contributed by atoms with Crippen molar-refractivity contribution in [2.45, 2.75) is 52.0 Å². The minimum Gasteiger partial charge on any atom is -0.493 e. The van der Waals surface area contributed by atoms with E-state index in [1.165, 1.54) is 5.56 Å². The van der Waals surface area contributed by atoms with Crippen molar-refractivity contribution in [1.29, 1.82) is 0 Å². The Kier molecular flexibility index (Phi) is 7.32. The van der Waals surface area contributed by atoms with Crippen LogP contribution in [0.4, 0.5) is 11.8 Å². The van der Waals surface area contributed by atoms with Crippen LogP contribution in [0.25, 0.3) is 10.9 Å². The molecule has 1 amide bonds. The molecule has 1 aromatic heterocycles. The van der Waals surface area contributed by atoms with E-state index in [1.54, 1.807) is 14.2 Å². The van der Waals surface area contributed by atoms with Crippen molar-refractivity contribution in [3.05, 3.63) is 48.0 Å². The number of amides is 1. The molecule has 2 aliphatic heterocycles. The smallest absolute Gasteiger partial charge is 0.229 e. The molecular weight excluding hydrogens is 478 g/mol. The van der Waals surface area contributed by atoms with E-state index >= 15 is 0 Å². The highest BCUT2D eigenvalue weighted by Crippen LogP contribution is 2.41. The lowest BCUT2D eigenvalue weighted by Gasteiger charge is -2.44. The van der Waals surface area contributed by atoms with Gasteiger partial charge in [0.2, 0.25) is 11.9 Å². The van der Waals surface area contributed by atoms with Crippen LogP contribution in [0.2, 0.25) is 0 Å². The number of aromatic nitrogens is 2. The summed E-state index contributed by atoms with van der Waals surface area (Å²) in [6, 6.07) is 14.4. The van der Waals surface area contributed by atoms with E-state index in [0.29, 0.717) is 59.7 Å². The predicted molar refractivity (Wildman–Crippen MR) is 151 cm³/mol. The molecule has 0 radical (unpaired) electrons. The molecule has 3 heterocycles. The quantitative estimate of drug-likeness (QED) is 0.485. The van der Waals surface area contributed by atoms with Gasteiger partial charge < -0.3 is 25.0 Å². The lowest BCUT2D eigenvalue weighted by Crippen LogP contribution is -2.53. The Morgan fingerprint density at radius 3 is 2.39 bits per heavy atom. The first-order valence-corrected chi connectivity index (χ1v) is 13.6. The summed E-state index contributed by atoms with van der Waals surface area (Å²) in [6.45, 7) is 6.70. The van der Waals surface area contributed by atoms with Gasteiger partial charge in [0.15, 0.2) is 11.5 Å². The molecule has 1 unspecified atom stereocenters. The summed E-state index contributed by atoms with van der Waals surface area (Å²) in [5.74, 6) is 2.95. The maximum atomic E-state index is 14.3. The molecule has 38 heavy (non-hydrogen) atoms. The Morgan fingerprint density at radius 2 is 1.74 bits per heavy atom. The molecule has 0 saturated carbocycles. The molecule has 2 aliphatic rings. The standard InChI is InChI=1S/C30H39N5O3/c1-20(2)24-11-8-14-35(24)28(36)30(19-21-9-6-5-7-10-21)12-15-34(16-13-30)29-32-23-18-26(38-4)25(37-3)17-22(23)27(31)33-29/h5-7,9-10,17-18,20,24H,8,11-16,19H2,1-4H3,(H2,31,32,33). The molecule has 2 fully saturated rings. The number of hydrogen-bond acceptors (Lipinski definition) is 7. The molecular formula is C30H39N5O3. The summed E-state index contributed by atoms with van der Waals surface area (Å²) < 4.78 is 10.9. The van der Waals surface area contributed by atoms with E-state index in [2.05, 4.69) is 52.9 Å². The molecule has 3 aromatic rings. The zero-order valence-electron chi connectivity index (χ0n) is 22.9. The molecule has 1 atom stereocenters. The van der Waals surface area contributed by atoms with Gasteiger partial charge in [-0.2, -0.15) is 4.98 Å². The van der Waals surface area contributed by atoms with Crippen LogP contribution in [0.3, 0.4) is 0 Å². The topological polar surface area (TPSA) is 93.8 Å². The van der Waals surface area contributed by atoms with Gasteiger partial charge in [-0.15, -0.1) is 0 Å². The average Bonchev–Trinajstić information content (AvgIpc) is 3.43. The number of benzene rings is 2. The van der Waals surface area contributed by atoms with Crippen molar-refractivity contribution in [2.75, 3.05) is 44.5 Å². The molecule has 0 aliphatic carbocycles. The maximum Gasteiger partial charge on any atom is 0.229 e. The number of piperidine rings is 1. The van der Waals surface area contributed by atoms with Crippen molar-refractivity contribution < 1.29 is 14.3 Å². The fourth-order valence-electron chi connectivity index (χ4n) is 6.24. The number of ether oxygens (including phenoxy) is 2. The van der Waals surface area contributed by atoms with Gasteiger partial charge in [-0.05, 0) is 49.7 Å². The number of methoxy groups -OCH3 is 2. The summed E-state index contributed by atoms with van der Waals surface area (Å²) in [5.41, 5.74) is 7.86. The number of fused-ring (bicyclic) bond motifs is 1. The van der Waals surface area contributed by atoms with E-state index in [4.69, 9.17) is 20.2 Å². The first-order chi connectivity index (χ1) is 18.3. The molecule has 0 bridgehead atoms. The van der Waals surface area contributed by atoms with Crippen molar-refractivity contribution in [3.63, 3.8) is 0 Å². The molecule has 8 heteroatoms. The Labute approximate surface area is 225 Å². The summed E-state index contributed by atoms with van der Waals surface area (Å²) >= 11 is 0. The van der Waals surface area contributed by atoms with E-state index in [-0.39, 0.29) is 0 Å². The number of rotatable bonds is 7. The molecule has 5 rings (SSSR count). The second-order valence-electron chi connectivity index (χ2n) is 11.0. The van der Waals surface area contributed by atoms with Crippen LogP contribution in [0.5, 0.6) is 11.5 Å². The van der Waals surface area contributed by atoms with Crippen LogP contribution >= 0.6 is 0 Å². The van der Waals surface area contributed by atoms with Crippen molar-refractivity contribution in [3.8, 4) is 11.5 Å². The summed E-state index contributed by atoms with van der Waals surface area (Å²) in [7, 11) is 3.20. The predicted octanol–water partition coefficient (Wildman–Crippen LogP) is 4.71. The molecule has 2 N–H and O–H groups in total. The minimum absolute atomic E-state index is 0.313. The maximum absolute atomic E-state index is 14.3. The highest BCUT2D eigenvalue weighted by Gasteiger charge is 2.46. The molecule has 8 nitrogen and oxygen atoms in total. The fourth-order valence-corrected chi connectivity index (χ4v) is 6.24. The first-order valence-electron chi connectivity index (χ1n) is 13.6. The van der Waals surface area contributed by atoms with Gasteiger partial charge in [-0.3, -0.25) is 4.79 Å². The third-order valence-electron chi connectivity index (χ3n) is 8.39. The number of nitrogens with zero attached hydrogens (tertiary/aromatic N) is 4. The summed E-state index contributed by atoms with van der Waals surface area (Å²) in [4.78, 5) is 28.1. The number of nitrogen functional groups attached to an aromatic ring is 1. The third kappa shape index (κ3) is 4.84. The van der Waals surface area contributed by atoms with Gasteiger partial charge in [-0.25, -0.2) is 4.98 Å². The number of carbonyl (C=O) groups excluding carboxylic acids is 1. The van der Waals surface area contributed by atoms with Gasteiger partial charge in [-0.1, -0.05) is 44.2 Å². The van der Waals surface area contributed by atoms with Gasteiger partial charge in [0.05, 0.1) is 25.2 Å². The lowest BCUT2D eigenvalue weighted by atomic mass is 9.72. The normalized spacial score (nSPS) is 19.2. The van der Waals surface area contributed by atoms with Crippen LogP contribution in [0.1, 0.15) is 45.1 Å². The number of carbonyl (C=O) groups is 1. The zero-order chi connectivity index (χ0) is 26.9. The molecule has 2 saturated heterocycles. The summed E-state index contributed by atoms with van der Waals surface area (Å²) in [6.07, 6.45) is 4.42. The van der Waals surface area contributed by atoms with E-state index in [9.17, 15) is 4.79 Å². The highest BCUT2D eigenvalue weighted by atomic mass is 16.5. The van der Waals surface area contributed by atoms with Gasteiger partial charge in [0.25, 0.3) is 0 Å². The Balaban J connectivity index is 1.43. The van der Waals surface area contributed by atoms with Crippen LogP contribution in [-0.2, 0) is 11.2 Å². The molecule has 202 valence electrons. The highest BCUT2D eigenvalue weighted by molar-refractivity contribution is 5.92. The second-order valence-corrected chi connectivity index (χ2v) is 11.0. The van der Waals surface area contributed by atoms with Gasteiger partial charge in [0.1, 0.15) is 5.82 Å². The number of anilines is 2. The lowest BCUT2D eigenvalue weighted by molar-refractivity contribution is -0.145. The van der Waals surface area contributed by atoms with Crippen LogP contribution < -0.4 is 20.1 Å². The van der Waals surface area contributed by atoms with Crippen LogP contribution in [0.15, 0.2) is 42.5 Å². The number of likely N-dealkylation sites (tertiary alicyclic amines) is 1. The van der Waals surface area contributed by atoms with Crippen molar-refractivity contribution in [1.82, 2.24) is 14.9 Å². The molecule has 0 spiro atoms. The number of hydrogen-bond donors (Lipinski definition) is 1. The third-order valence-corrected chi connectivity index (χ3v) is 8.39. The second kappa shape index (κ2) is 10.7. The molecule has 2 aromatic carbocycles. The zero-order valence-corrected chi connectivity index (χ0v) is 22.9. The minimum atomic E-state index is -0.436. The van der Waals surface area contributed by atoms with Gasteiger partial charge in [0, 0.05) is 37.1 Å². The van der Waals surface area contributed by atoms with Crippen molar-refractivity contribution >= 4 is 28.6 Å². The van der Waals surface area contributed by atoms with Crippen LogP contribution in [-0.4, -0.2) is 60.7 Å². The monoisotopic (exact) mass is 517 g/mol. The average molecular weight is 518 g/mol. The number of nitrogens with two attached hydrogens (primary N) is 1. The van der Waals surface area contributed by atoms with Gasteiger partial charge >= 0.3 is 0 Å². The van der Waals surface area contributed by atoms with E-state index in [1.807, 2.05) is 18.2 Å². The Morgan fingerprint density at radius 1 is 1.05 bits per heavy atom. The first kappa shape index (κ1) is 26.1. The SMILES string of the molecule is COc1cc2nc(N3CCC(Cc4ccccc4)(C(=O)N4CCCC4C(C)C)CC3)nc(N)c2cc1OC. The van der Waals surface area contributed by atoms with E-state index < -0.39 is 5.41 Å². The fraction of sp³-hybridized carbons (Fsp3) is 0.500. The van der Waals surface area contributed by atoms with Crippen LogP contribution in [0, 0.1) is 11.3 Å².